The van der Waals surface area contributed by atoms with Crippen molar-refractivity contribution in [1.29, 1.82) is 0 Å². The number of halogens is 2. The average molecular weight is 501 g/mol. The van der Waals surface area contributed by atoms with Gasteiger partial charge in [-0.25, -0.2) is 4.39 Å². The molecule has 0 aromatic heterocycles. The fourth-order valence-electron chi connectivity index (χ4n) is 2.70. The Bertz CT molecular complexity index is 780. The zero-order valence-electron chi connectivity index (χ0n) is 16.8. The van der Waals surface area contributed by atoms with Crippen molar-refractivity contribution in [2.45, 2.75) is 25.7 Å². The highest BCUT2D eigenvalue weighted by Gasteiger charge is 2.20. The van der Waals surface area contributed by atoms with Gasteiger partial charge in [-0.1, -0.05) is 32.0 Å². The maximum absolute atomic E-state index is 13.1. The Balaban J connectivity index is 0.00000392. The lowest BCUT2D eigenvalue weighted by Gasteiger charge is -2.23. The molecule has 3 N–H and O–H groups in total. The van der Waals surface area contributed by atoms with Crippen molar-refractivity contribution in [2.75, 3.05) is 27.3 Å². The van der Waals surface area contributed by atoms with Gasteiger partial charge in [-0.05, 0) is 41.8 Å². The number of nitrogens with two attached hydrogens (primary N) is 1. The average Bonchev–Trinajstić information content (AvgIpc) is 2.66. The Kier molecular flexibility index (Phi) is 9.51. The lowest BCUT2D eigenvalue weighted by Crippen LogP contribution is -2.35. The molecule has 28 heavy (non-hydrogen) atoms. The van der Waals surface area contributed by atoms with Gasteiger partial charge in [0.05, 0.1) is 20.8 Å². The van der Waals surface area contributed by atoms with Crippen LogP contribution in [0.1, 0.15) is 25.0 Å². The second-order valence-corrected chi connectivity index (χ2v) is 6.96. The normalized spacial score (nSPS) is 11.5. The first-order valence-corrected chi connectivity index (χ1v) is 8.86. The van der Waals surface area contributed by atoms with Crippen LogP contribution in [-0.2, 0) is 11.8 Å². The van der Waals surface area contributed by atoms with E-state index >= 15 is 0 Å². The molecule has 0 fully saturated rings. The molecule has 0 amide bonds. The molecule has 154 valence electrons. The second-order valence-electron chi connectivity index (χ2n) is 6.96. The van der Waals surface area contributed by atoms with E-state index in [1.807, 2.05) is 18.2 Å². The molecule has 2 aromatic carbocycles. The van der Waals surface area contributed by atoms with Crippen LogP contribution in [0.25, 0.3) is 0 Å². The lowest BCUT2D eigenvalue weighted by molar-refractivity contribution is 0.354. The molecule has 0 aliphatic carbocycles. The molecule has 0 saturated carbocycles. The van der Waals surface area contributed by atoms with Crippen LogP contribution >= 0.6 is 24.0 Å². The minimum Gasteiger partial charge on any atom is -0.493 e. The predicted octanol–water partition coefficient (Wildman–Crippen LogP) is 3.89. The first kappa shape index (κ1) is 24.0. The molecule has 0 saturated heterocycles. The number of nitrogens with one attached hydrogen (secondary N) is 1. The van der Waals surface area contributed by atoms with Crippen LogP contribution in [-0.4, -0.2) is 33.3 Å². The van der Waals surface area contributed by atoms with E-state index in [1.54, 1.807) is 26.4 Å². The molecule has 2 rings (SSSR count). The van der Waals surface area contributed by atoms with E-state index in [9.17, 15) is 4.39 Å². The molecule has 5 nitrogen and oxygen atoms in total. The van der Waals surface area contributed by atoms with E-state index in [-0.39, 0.29) is 35.2 Å². The first-order valence-electron chi connectivity index (χ1n) is 8.86. The monoisotopic (exact) mass is 501 g/mol. The van der Waals surface area contributed by atoms with E-state index in [4.69, 9.17) is 15.2 Å². The number of hydrogen-bond acceptors (Lipinski definition) is 3. The number of rotatable bonds is 8. The highest BCUT2D eigenvalue weighted by molar-refractivity contribution is 14.0. The van der Waals surface area contributed by atoms with Crippen LogP contribution < -0.4 is 20.5 Å². The molecule has 7 heteroatoms. The van der Waals surface area contributed by atoms with Gasteiger partial charge in [-0.15, -0.1) is 24.0 Å². The molecule has 0 radical (unpaired) electrons. The van der Waals surface area contributed by atoms with Gasteiger partial charge in [0.2, 0.25) is 0 Å². The molecule has 2 aromatic rings. The van der Waals surface area contributed by atoms with Crippen molar-refractivity contribution >= 4 is 29.9 Å². The van der Waals surface area contributed by atoms with Crippen molar-refractivity contribution in [3.8, 4) is 11.5 Å². The predicted molar refractivity (Wildman–Crippen MR) is 123 cm³/mol. The molecular weight excluding hydrogens is 472 g/mol. The van der Waals surface area contributed by atoms with E-state index in [1.165, 1.54) is 12.1 Å². The highest BCUT2D eigenvalue weighted by atomic mass is 127. The van der Waals surface area contributed by atoms with Crippen molar-refractivity contribution in [2.24, 2.45) is 10.7 Å². The summed E-state index contributed by atoms with van der Waals surface area (Å²) in [6.07, 6.45) is 0.776. The quantitative estimate of drug-likeness (QED) is 0.327. The fourth-order valence-corrected chi connectivity index (χ4v) is 2.70. The molecule has 0 spiro atoms. The summed E-state index contributed by atoms with van der Waals surface area (Å²) in [5.74, 6) is 1.57. The maximum atomic E-state index is 13.1. The van der Waals surface area contributed by atoms with Gasteiger partial charge in [0.25, 0.3) is 0 Å². The van der Waals surface area contributed by atoms with Gasteiger partial charge in [0.1, 0.15) is 5.82 Å². The van der Waals surface area contributed by atoms with Crippen LogP contribution in [0, 0.1) is 5.82 Å². The smallest absolute Gasteiger partial charge is 0.188 e. The summed E-state index contributed by atoms with van der Waals surface area (Å²) in [4.78, 5) is 4.43. The van der Waals surface area contributed by atoms with E-state index in [0.29, 0.717) is 30.5 Å². The van der Waals surface area contributed by atoms with Crippen LogP contribution in [0.15, 0.2) is 47.5 Å². The summed E-state index contributed by atoms with van der Waals surface area (Å²) in [7, 11) is 3.23. The molecule has 0 aliphatic rings. The third kappa shape index (κ3) is 6.85. The van der Waals surface area contributed by atoms with Gasteiger partial charge in [-0.3, -0.25) is 4.99 Å². The number of ether oxygens (including phenoxy) is 2. The Morgan fingerprint density at radius 3 is 2.32 bits per heavy atom. The zero-order valence-corrected chi connectivity index (χ0v) is 19.1. The number of benzene rings is 2. The lowest BCUT2D eigenvalue weighted by atomic mass is 9.85. The van der Waals surface area contributed by atoms with E-state index in [2.05, 4.69) is 24.2 Å². The van der Waals surface area contributed by atoms with E-state index in [0.717, 1.165) is 17.5 Å². The molecular formula is C21H29FIN3O2. The number of nitrogens with zero attached hydrogens (tertiary/aromatic N) is 1. The van der Waals surface area contributed by atoms with Crippen molar-refractivity contribution < 1.29 is 13.9 Å². The number of hydrogen-bond donors (Lipinski definition) is 2. The summed E-state index contributed by atoms with van der Waals surface area (Å²) < 4.78 is 23.6. The first-order chi connectivity index (χ1) is 12.9. The number of aliphatic imine (C=N–C) groups is 1. The molecule has 0 atom stereocenters. The summed E-state index contributed by atoms with van der Waals surface area (Å²) in [6.45, 7) is 5.27. The van der Waals surface area contributed by atoms with Gasteiger partial charge in [-0.2, -0.15) is 0 Å². The third-order valence-electron chi connectivity index (χ3n) is 4.44. The summed E-state index contributed by atoms with van der Waals surface area (Å²) >= 11 is 0. The fraction of sp³-hybridized carbons (Fsp3) is 0.381. The molecule has 0 heterocycles. The molecule has 0 unspecified atom stereocenters. The third-order valence-corrected chi connectivity index (χ3v) is 4.44. The summed E-state index contributed by atoms with van der Waals surface area (Å²) in [5.41, 5.74) is 7.88. The highest BCUT2D eigenvalue weighted by Crippen LogP contribution is 2.27. The van der Waals surface area contributed by atoms with Crippen molar-refractivity contribution in [3.63, 3.8) is 0 Å². The van der Waals surface area contributed by atoms with Crippen molar-refractivity contribution in [1.82, 2.24) is 5.32 Å². The molecule has 0 aliphatic heterocycles. The van der Waals surface area contributed by atoms with Gasteiger partial charge < -0.3 is 20.5 Å². The number of methoxy groups -OCH3 is 2. The Morgan fingerprint density at radius 1 is 1.07 bits per heavy atom. The molecule has 0 bridgehead atoms. The minimum absolute atomic E-state index is 0. The Morgan fingerprint density at radius 2 is 1.71 bits per heavy atom. The topological polar surface area (TPSA) is 68.9 Å². The van der Waals surface area contributed by atoms with Gasteiger partial charge in [0, 0.05) is 12.0 Å². The summed E-state index contributed by atoms with van der Waals surface area (Å²) in [6, 6.07) is 12.3. The van der Waals surface area contributed by atoms with Crippen LogP contribution in [0.5, 0.6) is 11.5 Å². The van der Waals surface area contributed by atoms with Crippen molar-refractivity contribution in [3.05, 3.63) is 59.4 Å². The zero-order chi connectivity index (χ0) is 19.9. The number of guanidine groups is 1. The van der Waals surface area contributed by atoms with Gasteiger partial charge >= 0.3 is 0 Å². The Labute approximate surface area is 183 Å². The van der Waals surface area contributed by atoms with Gasteiger partial charge in [0.15, 0.2) is 17.5 Å². The van der Waals surface area contributed by atoms with Crippen LogP contribution in [0.3, 0.4) is 0 Å². The van der Waals surface area contributed by atoms with Crippen LogP contribution in [0.2, 0.25) is 0 Å². The maximum Gasteiger partial charge on any atom is 0.188 e. The Hall–Kier alpha value is -2.03. The standard InChI is InChI=1S/C21H28FN3O2.HI/c1-21(2,16-6-8-17(22)9-7-16)14-25-20(23)24-12-11-15-5-10-18(26-3)19(13-15)27-4;/h5-10,13H,11-12,14H2,1-4H3,(H3,23,24,25);1H. The largest absolute Gasteiger partial charge is 0.493 e. The minimum atomic E-state index is -0.241. The summed E-state index contributed by atoms with van der Waals surface area (Å²) in [5, 5.41) is 3.13. The second kappa shape index (κ2) is 11.1. The SMILES string of the molecule is COc1ccc(CCNC(N)=NCC(C)(C)c2ccc(F)cc2)cc1OC.I. The van der Waals surface area contributed by atoms with Crippen LogP contribution in [0.4, 0.5) is 4.39 Å². The van der Waals surface area contributed by atoms with E-state index < -0.39 is 0 Å².